The lowest BCUT2D eigenvalue weighted by atomic mass is 10.2. The van der Waals surface area contributed by atoms with Gasteiger partial charge in [0, 0.05) is 0 Å². The van der Waals surface area contributed by atoms with E-state index in [2.05, 4.69) is 8.37 Å². The molecule has 1 aliphatic rings. The van der Waals surface area contributed by atoms with Crippen LogP contribution in [0.15, 0.2) is 0 Å². The number of carboxylic acid groups (broad SMARTS) is 1. The van der Waals surface area contributed by atoms with Gasteiger partial charge in [-0.2, -0.15) is 16.8 Å². The highest BCUT2D eigenvalue weighted by atomic mass is 32.3. The monoisotopic (exact) mass is 226 g/mol. The van der Waals surface area contributed by atoms with Crippen molar-refractivity contribution in [3.63, 3.8) is 0 Å². The second kappa shape index (κ2) is 3.46. The third-order valence-electron chi connectivity index (χ3n) is 1.29. The van der Waals surface area contributed by atoms with E-state index < -0.39 is 22.3 Å². The maximum Gasteiger partial charge on any atom is 0.419 e. The van der Waals surface area contributed by atoms with Gasteiger partial charge in [0.2, 0.25) is 0 Å². The number of hydrogen-bond donors (Lipinski definition) is 1. The first-order chi connectivity index (χ1) is 6.27. The van der Waals surface area contributed by atoms with Crippen molar-refractivity contribution in [3.05, 3.63) is 0 Å². The summed E-state index contributed by atoms with van der Waals surface area (Å²) in [6.45, 7) is 3.55. The molecule has 14 heavy (non-hydrogen) atoms. The number of aliphatic carboxylic acids is 1. The zero-order valence-electron chi connectivity index (χ0n) is 7.59. The van der Waals surface area contributed by atoms with Crippen molar-refractivity contribution >= 4 is 16.4 Å². The van der Waals surface area contributed by atoms with E-state index in [1.807, 2.05) is 0 Å². The molecule has 0 aromatic carbocycles. The van der Waals surface area contributed by atoms with Crippen LogP contribution in [0.5, 0.6) is 0 Å². The highest BCUT2D eigenvalue weighted by Crippen LogP contribution is 2.32. The van der Waals surface area contributed by atoms with Crippen LogP contribution in [0.25, 0.3) is 0 Å². The predicted octanol–water partition coefficient (Wildman–Crippen LogP) is -0.311. The zero-order valence-corrected chi connectivity index (χ0v) is 8.41. The van der Waals surface area contributed by atoms with Gasteiger partial charge >= 0.3 is 22.3 Å². The van der Waals surface area contributed by atoms with Crippen LogP contribution in [0.2, 0.25) is 0 Å². The molecule has 1 rings (SSSR count). The van der Waals surface area contributed by atoms with E-state index in [0.717, 1.165) is 0 Å². The molecular formula is C6H10O7S. The van der Waals surface area contributed by atoms with Gasteiger partial charge in [0.25, 0.3) is 0 Å². The average molecular weight is 226 g/mol. The summed E-state index contributed by atoms with van der Waals surface area (Å²) in [5, 5.41) is 8.59. The van der Waals surface area contributed by atoms with Gasteiger partial charge in [-0.15, -0.1) is 0 Å². The summed E-state index contributed by atoms with van der Waals surface area (Å²) in [5.74, 6) is -4.09. The van der Waals surface area contributed by atoms with Crippen LogP contribution in [0.1, 0.15) is 13.8 Å². The molecule has 7 nitrogen and oxygen atoms in total. The third kappa shape index (κ3) is 2.21. The zero-order chi connectivity index (χ0) is 11.0. The van der Waals surface area contributed by atoms with Gasteiger partial charge in [0.15, 0.2) is 0 Å². The molecule has 1 fully saturated rings. The molecule has 0 aromatic heterocycles. The summed E-state index contributed by atoms with van der Waals surface area (Å²) >= 11 is 0. The van der Waals surface area contributed by atoms with E-state index in [1.165, 1.54) is 0 Å². The summed E-state index contributed by atoms with van der Waals surface area (Å²) in [4.78, 5) is 10.6. The second-order valence-electron chi connectivity index (χ2n) is 3.14. The Morgan fingerprint density at radius 1 is 1.50 bits per heavy atom. The number of ether oxygens (including phenoxy) is 1. The van der Waals surface area contributed by atoms with E-state index in [4.69, 9.17) is 9.84 Å². The molecule has 1 N–H and O–H groups in total. The Balaban J connectivity index is 2.64. The minimum absolute atomic E-state index is 0.0157. The number of hydrogen-bond acceptors (Lipinski definition) is 6. The maximum atomic E-state index is 10.6. The van der Waals surface area contributed by atoms with E-state index >= 15 is 0 Å². The fraction of sp³-hybridized carbons (Fsp3) is 0.833. The summed E-state index contributed by atoms with van der Waals surface area (Å²) in [6, 6.07) is 0. The Bertz CT molecular complexity index is 318. The van der Waals surface area contributed by atoms with Gasteiger partial charge in [-0.3, -0.25) is 0 Å². The van der Waals surface area contributed by atoms with Crippen LogP contribution in [-0.4, -0.2) is 32.1 Å². The molecule has 0 aromatic rings. The van der Waals surface area contributed by atoms with E-state index in [1.54, 1.807) is 13.8 Å². The van der Waals surface area contributed by atoms with Crippen molar-refractivity contribution in [1.29, 1.82) is 0 Å². The van der Waals surface area contributed by atoms with E-state index in [0.29, 0.717) is 0 Å². The first-order valence-corrected chi connectivity index (χ1v) is 5.14. The van der Waals surface area contributed by atoms with Crippen molar-refractivity contribution in [2.24, 2.45) is 5.92 Å². The van der Waals surface area contributed by atoms with Crippen LogP contribution in [-0.2, 0) is 28.3 Å². The quantitative estimate of drug-likeness (QED) is 0.701. The Morgan fingerprint density at radius 3 is 2.29 bits per heavy atom. The highest BCUT2D eigenvalue weighted by molar-refractivity contribution is 7.82. The SMILES string of the molecule is CC(C)COC1(C(=O)O)OS(=O)(=O)O1. The largest absolute Gasteiger partial charge is 0.475 e. The molecule has 0 saturated carbocycles. The number of carbonyl (C=O) groups is 1. The van der Waals surface area contributed by atoms with Gasteiger partial charge in [0.1, 0.15) is 0 Å². The number of rotatable bonds is 4. The van der Waals surface area contributed by atoms with Gasteiger partial charge in [0.05, 0.1) is 6.61 Å². The molecule has 1 aliphatic heterocycles. The molecule has 0 bridgehead atoms. The molecule has 1 heterocycles. The second-order valence-corrected chi connectivity index (χ2v) is 4.29. The normalized spacial score (nSPS) is 23.1. The van der Waals surface area contributed by atoms with Crippen molar-refractivity contribution in [3.8, 4) is 0 Å². The highest BCUT2D eigenvalue weighted by Gasteiger charge is 2.61. The van der Waals surface area contributed by atoms with Crippen LogP contribution >= 0.6 is 0 Å². The minimum Gasteiger partial charge on any atom is -0.475 e. The number of carboxylic acids is 1. The van der Waals surface area contributed by atoms with Gasteiger partial charge in [-0.05, 0) is 5.92 Å². The lowest BCUT2D eigenvalue weighted by Gasteiger charge is -2.34. The van der Waals surface area contributed by atoms with E-state index in [-0.39, 0.29) is 12.5 Å². The van der Waals surface area contributed by atoms with Crippen LogP contribution < -0.4 is 0 Å². The van der Waals surface area contributed by atoms with Gasteiger partial charge < -0.3 is 9.84 Å². The Morgan fingerprint density at radius 2 is 2.00 bits per heavy atom. The summed E-state index contributed by atoms with van der Waals surface area (Å²) < 4.78 is 33.7. The Labute approximate surface area is 80.9 Å². The van der Waals surface area contributed by atoms with Gasteiger partial charge in [-0.25, -0.2) is 4.79 Å². The molecular weight excluding hydrogens is 216 g/mol. The van der Waals surface area contributed by atoms with Crippen molar-refractivity contribution in [2.45, 2.75) is 19.8 Å². The summed E-state index contributed by atoms with van der Waals surface area (Å²) in [6.07, 6.45) is 0. The standard InChI is InChI=1S/C6H10O7S/c1-4(2)3-11-6(5(7)8)12-14(9,10)13-6/h4H,3H2,1-2H3,(H,7,8). The first-order valence-electron chi connectivity index (χ1n) is 3.81. The molecule has 82 valence electrons. The minimum atomic E-state index is -4.19. The van der Waals surface area contributed by atoms with Gasteiger partial charge in [-0.1, -0.05) is 13.8 Å². The fourth-order valence-corrected chi connectivity index (χ4v) is 1.52. The topological polar surface area (TPSA) is 99.1 Å². The Kier molecular flexibility index (Phi) is 2.81. The third-order valence-corrected chi connectivity index (χ3v) is 2.14. The average Bonchev–Trinajstić information content (AvgIpc) is 1.95. The van der Waals surface area contributed by atoms with Crippen molar-refractivity contribution in [1.82, 2.24) is 0 Å². The summed E-state index contributed by atoms with van der Waals surface area (Å²) in [5.41, 5.74) is 0. The molecule has 0 amide bonds. The van der Waals surface area contributed by atoms with Crippen molar-refractivity contribution in [2.75, 3.05) is 6.61 Å². The molecule has 0 unspecified atom stereocenters. The Hall–Kier alpha value is -0.700. The van der Waals surface area contributed by atoms with Crippen LogP contribution in [0.4, 0.5) is 0 Å². The lowest BCUT2D eigenvalue weighted by molar-refractivity contribution is -0.336. The van der Waals surface area contributed by atoms with Crippen LogP contribution in [0.3, 0.4) is 0 Å². The van der Waals surface area contributed by atoms with E-state index in [9.17, 15) is 13.2 Å². The smallest absolute Gasteiger partial charge is 0.419 e. The molecule has 0 atom stereocenters. The molecule has 8 heteroatoms. The maximum absolute atomic E-state index is 10.6. The summed E-state index contributed by atoms with van der Waals surface area (Å²) in [7, 11) is -4.19. The molecule has 0 radical (unpaired) electrons. The predicted molar refractivity (Wildman–Crippen MR) is 42.2 cm³/mol. The first kappa shape index (κ1) is 11.4. The fourth-order valence-electron chi connectivity index (χ4n) is 0.732. The van der Waals surface area contributed by atoms with Crippen LogP contribution in [0, 0.1) is 5.92 Å². The van der Waals surface area contributed by atoms with Crippen molar-refractivity contribution < 1.29 is 31.4 Å². The molecule has 1 saturated heterocycles. The molecule has 0 aliphatic carbocycles. The lowest BCUT2D eigenvalue weighted by Crippen LogP contribution is -2.58. The molecule has 0 spiro atoms.